The molecule has 0 atom stereocenters. The van der Waals surface area contributed by atoms with Gasteiger partial charge in [-0.05, 0) is 0 Å². The van der Waals surface area contributed by atoms with E-state index in [1.807, 2.05) is 0 Å². The van der Waals surface area contributed by atoms with E-state index in [4.69, 9.17) is 19.2 Å². The first-order valence-corrected chi connectivity index (χ1v) is 2.35. The molecule has 1 radical (unpaired) electrons. The zero-order valence-electron chi connectivity index (χ0n) is 4.70. The number of hydrogen-bond acceptors (Lipinski definition) is 1. The van der Waals surface area contributed by atoms with Crippen LogP contribution in [0.4, 0.5) is 0 Å². The van der Waals surface area contributed by atoms with Crippen molar-refractivity contribution in [2.24, 2.45) is 0 Å². The van der Waals surface area contributed by atoms with E-state index in [1.54, 1.807) is 0 Å². The molecular weight excluding hydrogens is 273 g/mol. The van der Waals surface area contributed by atoms with Crippen LogP contribution in [0.2, 0.25) is 0 Å². The minimum Gasteiger partial charge on any atom is -0.303 e. The number of phosphoric acid groups is 1. The van der Waals surface area contributed by atoms with Crippen LogP contribution in [-0.2, 0) is 52.5 Å². The fourth-order valence-electron chi connectivity index (χ4n) is 0. The third-order valence-electron chi connectivity index (χ3n) is 0. The summed E-state index contributed by atoms with van der Waals surface area (Å²) >= 11 is 0. The van der Waals surface area contributed by atoms with Crippen LogP contribution >= 0.6 is 21.3 Å². The summed E-state index contributed by atoms with van der Waals surface area (Å²) in [7, 11) is -4.64. The summed E-state index contributed by atoms with van der Waals surface area (Å²) in [5.41, 5.74) is 0. The second-order valence-electron chi connectivity index (χ2n) is 0.513. The van der Waals surface area contributed by atoms with Gasteiger partial charge in [-0.15, -0.1) is 0 Å². The Morgan fingerprint density at radius 3 is 1.11 bits per heavy atom. The van der Waals surface area contributed by atoms with Gasteiger partial charge >= 0.3 is 7.82 Å². The average Bonchev–Trinajstić information content (AvgIpc) is 0.722. The summed E-state index contributed by atoms with van der Waals surface area (Å²) in [6.45, 7) is 0. The Bertz CT molecular complexity index is 66.7. The van der Waals surface area contributed by atoms with Crippen molar-refractivity contribution >= 4 is 40.2 Å². The largest absolute Gasteiger partial charge is 0.466 e. The third kappa shape index (κ3) is 113. The average molecular weight is 278 g/mol. The maximum atomic E-state index is 8.88. The van der Waals surface area contributed by atoms with Crippen LogP contribution < -0.4 is 0 Å². The molecule has 0 amide bonds. The standard InChI is InChI=1S/Li.H3O4P.H2S.Ti.Zr/c;1-5(2,3)4;;;/h;(H3,1,2,3,4);1H2;;. The van der Waals surface area contributed by atoms with Crippen molar-refractivity contribution in [1.82, 2.24) is 0 Å². The quantitative estimate of drug-likeness (QED) is 0.384. The summed E-state index contributed by atoms with van der Waals surface area (Å²) in [6, 6.07) is 0. The molecule has 49 valence electrons. The fraction of sp³-hybridized carbons (Fsp3) is 0. The molecule has 4 nitrogen and oxygen atoms in total. The van der Waals surface area contributed by atoms with Gasteiger partial charge in [0.25, 0.3) is 0 Å². The van der Waals surface area contributed by atoms with Gasteiger partial charge in [0.2, 0.25) is 0 Å². The molecular formula is H5LiO4PSTiZr. The van der Waals surface area contributed by atoms with Crippen molar-refractivity contribution in [3.63, 3.8) is 0 Å². The normalized spacial score (nSPS) is 6.56. The molecule has 0 aliphatic rings. The van der Waals surface area contributed by atoms with Crippen LogP contribution in [0.15, 0.2) is 0 Å². The zero-order valence-corrected chi connectivity index (χ0v) is 10.6. The molecule has 0 spiro atoms. The molecule has 0 saturated heterocycles. The molecule has 9 heavy (non-hydrogen) atoms. The van der Waals surface area contributed by atoms with Crippen molar-refractivity contribution in [2.75, 3.05) is 0 Å². The van der Waals surface area contributed by atoms with E-state index < -0.39 is 7.82 Å². The van der Waals surface area contributed by atoms with Crippen LogP contribution in [0.25, 0.3) is 0 Å². The topological polar surface area (TPSA) is 77.8 Å². The van der Waals surface area contributed by atoms with Gasteiger partial charge in [0.05, 0.1) is 0 Å². The fourth-order valence-corrected chi connectivity index (χ4v) is 0. The molecule has 9 heteroatoms. The van der Waals surface area contributed by atoms with E-state index in [9.17, 15) is 0 Å². The maximum Gasteiger partial charge on any atom is 0.466 e. The zero-order chi connectivity index (χ0) is 4.50. The second-order valence-corrected chi connectivity index (χ2v) is 1.54. The Labute approximate surface area is 106 Å². The van der Waals surface area contributed by atoms with Crippen LogP contribution in [-0.4, -0.2) is 33.5 Å². The Morgan fingerprint density at radius 1 is 1.11 bits per heavy atom. The molecule has 0 aromatic carbocycles. The molecule has 0 saturated carbocycles. The Balaban J connectivity index is -0.0000000133. The van der Waals surface area contributed by atoms with Gasteiger partial charge in [-0.1, -0.05) is 0 Å². The van der Waals surface area contributed by atoms with Crippen LogP contribution in [0.3, 0.4) is 0 Å². The van der Waals surface area contributed by atoms with Gasteiger partial charge in [0, 0.05) is 66.8 Å². The van der Waals surface area contributed by atoms with E-state index in [0.29, 0.717) is 0 Å². The Kier molecular flexibility index (Phi) is 44.0. The minimum atomic E-state index is -4.64. The van der Waals surface area contributed by atoms with Crippen molar-refractivity contribution in [1.29, 1.82) is 0 Å². The van der Waals surface area contributed by atoms with E-state index in [2.05, 4.69) is 0 Å². The smallest absolute Gasteiger partial charge is 0.303 e. The number of rotatable bonds is 0. The third-order valence-corrected chi connectivity index (χ3v) is 0. The molecule has 3 N–H and O–H groups in total. The molecule has 0 fully saturated rings. The van der Waals surface area contributed by atoms with E-state index >= 15 is 0 Å². The van der Waals surface area contributed by atoms with E-state index in [-0.39, 0.29) is 80.3 Å². The first-order valence-electron chi connectivity index (χ1n) is 0.783. The summed E-state index contributed by atoms with van der Waals surface area (Å²) in [5.74, 6) is 0. The predicted octanol–water partition coefficient (Wildman–Crippen LogP) is -1.20. The van der Waals surface area contributed by atoms with Crippen molar-refractivity contribution in [3.05, 3.63) is 0 Å². The monoisotopic (exact) mass is 277 g/mol. The van der Waals surface area contributed by atoms with Gasteiger partial charge in [-0.25, -0.2) is 4.57 Å². The Hall–Kier alpha value is 2.65. The Morgan fingerprint density at radius 2 is 1.11 bits per heavy atom. The van der Waals surface area contributed by atoms with Gasteiger partial charge < -0.3 is 14.7 Å². The minimum absolute atomic E-state index is 0. The molecule has 0 aliphatic heterocycles. The predicted molar refractivity (Wildman–Crippen MR) is 30.4 cm³/mol. The molecule has 0 aromatic rings. The number of hydrogen-bond donors (Lipinski definition) is 3. The second kappa shape index (κ2) is 13.3. The van der Waals surface area contributed by atoms with Gasteiger partial charge in [0.1, 0.15) is 0 Å². The molecule has 0 aliphatic carbocycles. The van der Waals surface area contributed by atoms with Crippen molar-refractivity contribution in [2.45, 2.75) is 0 Å². The van der Waals surface area contributed by atoms with Crippen LogP contribution in [0, 0.1) is 0 Å². The molecule has 0 unspecified atom stereocenters. The molecule has 0 aromatic heterocycles. The van der Waals surface area contributed by atoms with Gasteiger partial charge in [-0.3, -0.25) is 0 Å². The summed E-state index contributed by atoms with van der Waals surface area (Å²) in [6.07, 6.45) is 0. The van der Waals surface area contributed by atoms with E-state index in [1.165, 1.54) is 0 Å². The molecule has 0 bridgehead atoms. The molecule has 0 heterocycles. The first kappa shape index (κ1) is 29.9. The van der Waals surface area contributed by atoms with Crippen molar-refractivity contribution < 1.29 is 67.2 Å². The van der Waals surface area contributed by atoms with E-state index in [0.717, 1.165) is 0 Å². The summed E-state index contributed by atoms with van der Waals surface area (Å²) in [4.78, 5) is 21.6. The van der Waals surface area contributed by atoms with Gasteiger partial charge in [-0.2, -0.15) is 13.5 Å². The first-order chi connectivity index (χ1) is 2.00. The SMILES string of the molecule is O=P(O)(O)O.S.[Li].[Ti].[Zr]. The van der Waals surface area contributed by atoms with Gasteiger partial charge in [0.15, 0.2) is 0 Å². The van der Waals surface area contributed by atoms with Crippen LogP contribution in [0.1, 0.15) is 0 Å². The maximum absolute atomic E-state index is 8.88. The summed E-state index contributed by atoms with van der Waals surface area (Å²) in [5, 5.41) is 0. The van der Waals surface area contributed by atoms with Crippen LogP contribution in [0.5, 0.6) is 0 Å². The molecule has 0 rings (SSSR count). The summed E-state index contributed by atoms with van der Waals surface area (Å²) < 4.78 is 8.88. The van der Waals surface area contributed by atoms with Crippen molar-refractivity contribution in [3.8, 4) is 0 Å².